The molecule has 0 aromatic carbocycles. The van der Waals surface area contributed by atoms with Crippen LogP contribution in [-0.4, -0.2) is 93.8 Å². The second-order valence-corrected chi connectivity index (χ2v) is 19.3. The van der Waals surface area contributed by atoms with Gasteiger partial charge in [-0.3, -0.25) is 4.74 Å². The molecule has 6 aromatic rings. The average molecular weight is 983 g/mol. The van der Waals surface area contributed by atoms with Crippen molar-refractivity contribution in [1.29, 1.82) is 0 Å². The number of alkyl carbamates (subject to hydrolysis) is 2. The van der Waals surface area contributed by atoms with Gasteiger partial charge >= 0.3 is 12.2 Å². The Morgan fingerprint density at radius 1 is 0.712 bits per heavy atom. The van der Waals surface area contributed by atoms with Crippen LogP contribution in [0.2, 0.25) is 15.3 Å². The number of pyridine rings is 2. The zero-order chi connectivity index (χ0) is 48.0. The number of rotatable bonds is 6. The maximum Gasteiger partial charge on any atom is 0.407 e. The highest BCUT2D eigenvalue weighted by atomic mass is 35.5. The van der Waals surface area contributed by atoms with Gasteiger partial charge in [-0.25, -0.2) is 38.6 Å². The molecule has 8 rings (SSSR count). The molecule has 6 aromatic heterocycles. The number of aromatic nitrogens is 8. The fourth-order valence-electron chi connectivity index (χ4n) is 7.34. The third-order valence-corrected chi connectivity index (χ3v) is 10.7. The Labute approximate surface area is 402 Å². The van der Waals surface area contributed by atoms with Crippen LogP contribution < -0.4 is 21.7 Å². The Kier molecular flexibility index (Phi) is 18.8. The quantitative estimate of drug-likeness (QED) is 0.0906. The first-order valence-electron chi connectivity index (χ1n) is 21.6. The van der Waals surface area contributed by atoms with Gasteiger partial charge in [0.05, 0.1) is 57.3 Å². The van der Waals surface area contributed by atoms with E-state index in [0.29, 0.717) is 27.4 Å². The minimum absolute atomic E-state index is 0.0486. The van der Waals surface area contributed by atoms with Crippen molar-refractivity contribution in [3.05, 3.63) is 88.9 Å². The average Bonchev–Trinajstić information content (AvgIpc) is 3.87. The van der Waals surface area contributed by atoms with Crippen molar-refractivity contribution in [1.82, 2.24) is 49.8 Å². The van der Waals surface area contributed by atoms with Gasteiger partial charge in [-0.2, -0.15) is 10.2 Å². The molecule has 0 saturated heterocycles. The summed E-state index contributed by atoms with van der Waals surface area (Å²) < 4.78 is 17.4. The monoisotopic (exact) mass is 981 g/mol. The zero-order valence-electron chi connectivity index (χ0n) is 38.3. The Bertz CT molecular complexity index is 2550. The standard InChI is InChI=1S/C22H27ClN6O2.C11H6Cl2N4.C11H22N2O2.CH4NP/c1-22(2,3)31-21(30)27-15-8-6-7-14(11-15)26-20-24-13-17(23)19(28-20)16-12-25-29-10-5-4-9-18(16)29;12-8-6-14-11(13)16-10(8)7-5-15-17-4-2-1-3-9(7)17;1-11(2,3)15-10(14)13-9-6-4-5-8(12)7-9;1-2-3/h4-5,9-10,12-15H,6-8,11H2,1-3H3,(H,27,30)(H,24,26,28);1-6H;8-9H,4-7,12H2,1-3H3,(H,13,14);3H,1H3/t14-,15+;;8-,9+;/m1.1./s1. The molecule has 2 saturated carbocycles. The first kappa shape index (κ1) is 51.8. The van der Waals surface area contributed by atoms with Crippen molar-refractivity contribution in [3.8, 4) is 22.5 Å². The Balaban J connectivity index is 0.000000197. The van der Waals surface area contributed by atoms with Gasteiger partial charge in [0.2, 0.25) is 11.2 Å². The summed E-state index contributed by atoms with van der Waals surface area (Å²) in [5.41, 5.74) is 9.65. The lowest BCUT2D eigenvalue weighted by Gasteiger charge is -2.31. The van der Waals surface area contributed by atoms with Crippen molar-refractivity contribution in [2.45, 2.75) is 128 Å². The molecule has 66 heavy (non-hydrogen) atoms. The van der Waals surface area contributed by atoms with Crippen molar-refractivity contribution in [2.24, 2.45) is 10.5 Å². The number of nitrogens with two attached hydrogens (primary N) is 1. The molecule has 6 heterocycles. The number of fused-ring (bicyclic) bond motifs is 2. The Morgan fingerprint density at radius 2 is 1.18 bits per heavy atom. The second-order valence-electron chi connectivity index (χ2n) is 17.7. The van der Waals surface area contributed by atoms with E-state index < -0.39 is 11.2 Å². The summed E-state index contributed by atoms with van der Waals surface area (Å²) in [5.74, 6) is 0.512. The van der Waals surface area contributed by atoms with Crippen LogP contribution in [0.3, 0.4) is 0 Å². The first-order valence-corrected chi connectivity index (χ1v) is 23.2. The van der Waals surface area contributed by atoms with Crippen molar-refractivity contribution in [3.63, 3.8) is 0 Å². The topological polar surface area (TPSA) is 213 Å². The molecule has 2 fully saturated rings. The third-order valence-electron chi connectivity index (χ3n) is 9.99. The first-order chi connectivity index (χ1) is 31.3. The molecule has 0 bridgehead atoms. The number of nitrogens with zero attached hydrogens (tertiary/aromatic N) is 9. The van der Waals surface area contributed by atoms with Crippen LogP contribution >= 0.6 is 43.8 Å². The van der Waals surface area contributed by atoms with E-state index >= 15 is 0 Å². The fraction of sp³-hybridized carbons (Fsp3) is 0.467. The fourth-order valence-corrected chi connectivity index (χ4v) is 7.85. The molecule has 354 valence electrons. The van der Waals surface area contributed by atoms with Crippen LogP contribution in [-0.2, 0) is 9.47 Å². The summed E-state index contributed by atoms with van der Waals surface area (Å²) in [6.45, 7) is 11.2. The molecule has 2 amide bonds. The van der Waals surface area contributed by atoms with Crippen molar-refractivity contribution >= 4 is 73.0 Å². The van der Waals surface area contributed by atoms with Crippen LogP contribution in [0, 0.1) is 0 Å². The summed E-state index contributed by atoms with van der Waals surface area (Å²) in [4.78, 5) is 40.6. The van der Waals surface area contributed by atoms with E-state index in [4.69, 9.17) is 50.0 Å². The van der Waals surface area contributed by atoms with Gasteiger partial charge in [0.15, 0.2) is 0 Å². The summed E-state index contributed by atoms with van der Waals surface area (Å²) in [7, 11) is 4.47. The van der Waals surface area contributed by atoms with E-state index in [-0.39, 0.29) is 41.6 Å². The van der Waals surface area contributed by atoms with Gasteiger partial charge < -0.3 is 31.2 Å². The number of carbonyl (C=O) groups excluding carboxylic acids is 2. The van der Waals surface area contributed by atoms with Crippen LogP contribution in [0.5, 0.6) is 0 Å². The molecule has 5 N–H and O–H groups in total. The smallest absolute Gasteiger partial charge is 0.407 e. The zero-order valence-corrected chi connectivity index (χ0v) is 41.5. The van der Waals surface area contributed by atoms with E-state index in [0.717, 1.165) is 73.5 Å². The minimum Gasteiger partial charge on any atom is -0.444 e. The van der Waals surface area contributed by atoms with Gasteiger partial charge in [0.25, 0.3) is 0 Å². The van der Waals surface area contributed by atoms with E-state index in [1.54, 1.807) is 34.7 Å². The van der Waals surface area contributed by atoms with Gasteiger partial charge in [0, 0.05) is 54.7 Å². The van der Waals surface area contributed by atoms with E-state index in [9.17, 15) is 9.59 Å². The summed E-state index contributed by atoms with van der Waals surface area (Å²) in [6, 6.07) is 12.2. The van der Waals surface area contributed by atoms with Gasteiger partial charge in [0.1, 0.15) is 11.2 Å². The SMILES string of the molecule is CC(C)(C)OC(=O)N[C@H]1CCC[C@@H](N)C1.CC(C)(C)OC(=O)N[C@H]1CCC[C@@H](Nc2ncc(Cl)c(-c3cnn4ccccc34)n2)C1.CN=P.Clc1ncc(Cl)c(-c2cnn3ccccc23)n1. The lowest BCUT2D eigenvalue weighted by Crippen LogP contribution is -2.44. The van der Waals surface area contributed by atoms with E-state index in [1.807, 2.05) is 90.3 Å². The largest absolute Gasteiger partial charge is 0.444 e. The van der Waals surface area contributed by atoms with Crippen LogP contribution in [0.25, 0.3) is 33.5 Å². The number of ether oxygens (including phenoxy) is 2. The molecule has 21 heteroatoms. The van der Waals surface area contributed by atoms with E-state index in [1.165, 1.54) is 6.20 Å². The van der Waals surface area contributed by atoms with Crippen molar-refractivity contribution < 1.29 is 19.1 Å². The maximum absolute atomic E-state index is 12.1. The number of hydrogen-bond acceptors (Lipinski definition) is 13. The summed E-state index contributed by atoms with van der Waals surface area (Å²) in [6.07, 6.45) is 17.3. The number of halogens is 3. The lowest BCUT2D eigenvalue weighted by molar-refractivity contribution is 0.0479. The highest BCUT2D eigenvalue weighted by molar-refractivity contribution is 7.03. The molecular formula is C45H59Cl3N13O4P. The molecule has 4 atom stereocenters. The number of hydrogen-bond donors (Lipinski definition) is 4. The Morgan fingerprint density at radius 3 is 1.70 bits per heavy atom. The second kappa shape index (κ2) is 24.0. The molecule has 2 aliphatic carbocycles. The highest BCUT2D eigenvalue weighted by Gasteiger charge is 2.27. The molecule has 0 unspecified atom stereocenters. The van der Waals surface area contributed by atoms with Gasteiger partial charge in [-0.15, -0.1) is 0 Å². The molecular weight excluding hydrogens is 924 g/mol. The molecule has 2 aliphatic rings. The molecule has 0 radical (unpaired) electrons. The Hall–Kier alpha value is -5.19. The maximum atomic E-state index is 12.1. The van der Waals surface area contributed by atoms with E-state index in [2.05, 4.69) is 59.9 Å². The van der Waals surface area contributed by atoms with Crippen LogP contribution in [0.1, 0.15) is 92.9 Å². The van der Waals surface area contributed by atoms with Gasteiger partial charge in [-0.05, 0) is 138 Å². The lowest BCUT2D eigenvalue weighted by atomic mass is 9.91. The third kappa shape index (κ3) is 16.0. The van der Waals surface area contributed by atoms with Crippen LogP contribution in [0.4, 0.5) is 15.5 Å². The highest BCUT2D eigenvalue weighted by Crippen LogP contribution is 2.31. The molecule has 17 nitrogen and oxygen atoms in total. The number of amides is 2. The minimum atomic E-state index is -0.512. The molecule has 0 spiro atoms. The van der Waals surface area contributed by atoms with Crippen LogP contribution in [0.15, 0.2) is 78.3 Å². The predicted octanol–water partition coefficient (Wildman–Crippen LogP) is 10.5. The summed E-state index contributed by atoms with van der Waals surface area (Å²) in [5, 5.41) is 18.9. The van der Waals surface area contributed by atoms with Crippen molar-refractivity contribution in [2.75, 3.05) is 12.4 Å². The van der Waals surface area contributed by atoms with Gasteiger partial charge in [-0.1, -0.05) is 35.3 Å². The molecule has 0 aliphatic heterocycles. The summed E-state index contributed by atoms with van der Waals surface area (Å²) >= 11 is 18.3. The normalized spacial score (nSPS) is 18.2. The predicted molar refractivity (Wildman–Crippen MR) is 263 cm³/mol. The number of carbonyl (C=O) groups is 2. The number of nitrogens with one attached hydrogen (secondary N) is 3. The number of anilines is 1.